The molecular weight excluding hydrogens is 262 g/mol. The van der Waals surface area contributed by atoms with Gasteiger partial charge in [0, 0.05) is 30.1 Å². The van der Waals surface area contributed by atoms with Crippen LogP contribution in [0, 0.1) is 6.92 Å². The van der Waals surface area contributed by atoms with Crippen LogP contribution in [0.5, 0.6) is 0 Å². The van der Waals surface area contributed by atoms with E-state index in [4.69, 9.17) is 4.74 Å². The molecule has 2 N–H and O–H groups in total. The third-order valence-corrected chi connectivity index (χ3v) is 4.47. The molecule has 0 saturated carbocycles. The van der Waals surface area contributed by atoms with Crippen molar-refractivity contribution in [1.82, 2.24) is 15.6 Å². The van der Waals surface area contributed by atoms with Gasteiger partial charge in [-0.25, -0.2) is 9.78 Å². The Morgan fingerprint density at radius 1 is 1.68 bits per heavy atom. The smallest absolute Gasteiger partial charge is 0.315 e. The minimum absolute atomic E-state index is 0.102. The first-order valence-electron chi connectivity index (χ1n) is 6.64. The lowest BCUT2D eigenvalue weighted by molar-refractivity contribution is 0.114. The van der Waals surface area contributed by atoms with Crippen molar-refractivity contribution in [1.29, 1.82) is 0 Å². The van der Waals surface area contributed by atoms with Gasteiger partial charge in [0.05, 0.1) is 17.2 Å². The largest absolute Gasteiger partial charge is 0.376 e. The first-order valence-corrected chi connectivity index (χ1v) is 7.46. The van der Waals surface area contributed by atoms with Crippen LogP contribution in [0.15, 0.2) is 6.20 Å². The number of thiazole rings is 1. The molecule has 2 rings (SSSR count). The lowest BCUT2D eigenvalue weighted by atomic mass is 10.1. The molecule has 5 nitrogen and oxygen atoms in total. The third kappa shape index (κ3) is 3.91. The van der Waals surface area contributed by atoms with Gasteiger partial charge in [-0.15, -0.1) is 11.3 Å². The molecule has 1 saturated heterocycles. The minimum atomic E-state index is -0.123. The highest BCUT2D eigenvalue weighted by Crippen LogP contribution is 2.20. The van der Waals surface area contributed by atoms with E-state index < -0.39 is 0 Å². The molecule has 2 amide bonds. The van der Waals surface area contributed by atoms with Crippen LogP contribution in [0.2, 0.25) is 0 Å². The number of carbonyl (C=O) groups excluding carboxylic acids is 1. The third-order valence-electron chi connectivity index (χ3n) is 3.32. The highest BCUT2D eigenvalue weighted by molar-refractivity contribution is 7.11. The summed E-state index contributed by atoms with van der Waals surface area (Å²) in [5.41, 5.74) is 0. The summed E-state index contributed by atoms with van der Waals surface area (Å²) in [7, 11) is 0. The predicted molar refractivity (Wildman–Crippen MR) is 75.6 cm³/mol. The molecule has 1 aromatic heterocycles. The van der Waals surface area contributed by atoms with E-state index in [9.17, 15) is 4.79 Å². The predicted octanol–water partition coefficient (Wildman–Crippen LogP) is 2.03. The lowest BCUT2D eigenvalue weighted by Gasteiger charge is -2.17. The maximum atomic E-state index is 11.8. The number of nitrogens with one attached hydrogen (secondary N) is 2. The van der Waals surface area contributed by atoms with E-state index in [0.29, 0.717) is 6.54 Å². The number of aryl methyl sites for hydroxylation is 1. The van der Waals surface area contributed by atoms with Crippen molar-refractivity contribution in [3.05, 3.63) is 16.1 Å². The van der Waals surface area contributed by atoms with Crippen LogP contribution in [-0.2, 0) is 4.74 Å². The lowest BCUT2D eigenvalue weighted by Crippen LogP contribution is -2.45. The molecule has 0 aromatic carbocycles. The highest BCUT2D eigenvalue weighted by atomic mass is 32.1. The van der Waals surface area contributed by atoms with Crippen molar-refractivity contribution in [3.63, 3.8) is 0 Å². The monoisotopic (exact) mass is 283 g/mol. The topological polar surface area (TPSA) is 63.2 Å². The van der Waals surface area contributed by atoms with Gasteiger partial charge >= 0.3 is 6.03 Å². The summed E-state index contributed by atoms with van der Waals surface area (Å²) in [5.74, 6) is 0.238. The van der Waals surface area contributed by atoms with E-state index in [1.165, 1.54) is 4.88 Å². The number of urea groups is 1. The fourth-order valence-corrected chi connectivity index (χ4v) is 2.90. The molecule has 19 heavy (non-hydrogen) atoms. The number of hydrogen-bond acceptors (Lipinski definition) is 4. The zero-order valence-electron chi connectivity index (χ0n) is 11.6. The summed E-state index contributed by atoms with van der Waals surface area (Å²) in [6.45, 7) is 7.41. The Morgan fingerprint density at radius 3 is 3.05 bits per heavy atom. The Balaban J connectivity index is 1.74. The Morgan fingerprint density at radius 2 is 2.47 bits per heavy atom. The molecule has 3 atom stereocenters. The Bertz CT molecular complexity index is 435. The number of carbonyl (C=O) groups is 1. The van der Waals surface area contributed by atoms with E-state index in [2.05, 4.69) is 22.5 Å². The molecule has 0 spiro atoms. The molecule has 0 unspecified atom stereocenters. The van der Waals surface area contributed by atoms with Crippen LogP contribution >= 0.6 is 11.3 Å². The molecule has 1 aliphatic heterocycles. The molecule has 0 bridgehead atoms. The van der Waals surface area contributed by atoms with Crippen molar-refractivity contribution in [2.45, 2.75) is 45.3 Å². The average molecular weight is 283 g/mol. The Labute approximate surface area is 117 Å². The van der Waals surface area contributed by atoms with Gasteiger partial charge in [0.2, 0.25) is 0 Å². The van der Waals surface area contributed by atoms with Crippen LogP contribution in [-0.4, -0.2) is 36.3 Å². The van der Waals surface area contributed by atoms with Crippen molar-refractivity contribution in [3.8, 4) is 0 Å². The van der Waals surface area contributed by atoms with Crippen LogP contribution < -0.4 is 10.6 Å². The maximum Gasteiger partial charge on any atom is 0.315 e. The van der Waals surface area contributed by atoms with Gasteiger partial charge in [-0.2, -0.15) is 0 Å². The minimum Gasteiger partial charge on any atom is -0.376 e. The summed E-state index contributed by atoms with van der Waals surface area (Å²) in [5, 5.41) is 6.91. The van der Waals surface area contributed by atoms with Gasteiger partial charge in [-0.1, -0.05) is 6.92 Å². The molecule has 1 aliphatic rings. The standard InChI is InChI=1S/C13H21N3O2S/c1-8(12-14-7-9(2)19-12)6-15-13(17)16-11-4-5-18-10(11)3/h7-8,10-11H,4-6H2,1-3H3,(H2,15,16,17)/t8-,10-,11-/m1/s1. The van der Waals surface area contributed by atoms with E-state index in [1.54, 1.807) is 11.3 Å². The van der Waals surface area contributed by atoms with Gasteiger partial charge in [-0.05, 0) is 20.3 Å². The van der Waals surface area contributed by atoms with Crippen LogP contribution in [0.1, 0.15) is 36.1 Å². The molecule has 2 heterocycles. The molecule has 6 heteroatoms. The second-order valence-corrected chi connectivity index (χ2v) is 6.30. The summed E-state index contributed by atoms with van der Waals surface area (Å²) in [6.07, 6.45) is 2.86. The molecule has 1 aromatic rings. The van der Waals surface area contributed by atoms with E-state index in [-0.39, 0.29) is 24.1 Å². The molecule has 1 fully saturated rings. The van der Waals surface area contributed by atoms with Gasteiger partial charge in [0.15, 0.2) is 0 Å². The number of aromatic nitrogens is 1. The number of nitrogens with zero attached hydrogens (tertiary/aromatic N) is 1. The molecule has 0 radical (unpaired) electrons. The zero-order chi connectivity index (χ0) is 13.8. The van der Waals surface area contributed by atoms with Gasteiger partial charge in [-0.3, -0.25) is 0 Å². The Hall–Kier alpha value is -1.14. The maximum absolute atomic E-state index is 11.8. The average Bonchev–Trinajstić information content (AvgIpc) is 2.96. The Kier molecular flexibility index (Phi) is 4.76. The van der Waals surface area contributed by atoms with E-state index in [1.807, 2.05) is 20.0 Å². The first kappa shape index (κ1) is 14.3. The normalized spacial score (nSPS) is 24.2. The second kappa shape index (κ2) is 6.34. The summed E-state index contributed by atoms with van der Waals surface area (Å²) in [6, 6.07) is -0.000101. The quantitative estimate of drug-likeness (QED) is 0.888. The number of hydrogen-bond donors (Lipinski definition) is 2. The number of rotatable bonds is 4. The van der Waals surface area contributed by atoms with Crippen molar-refractivity contribution in [2.75, 3.05) is 13.2 Å². The summed E-state index contributed by atoms with van der Waals surface area (Å²) < 4.78 is 5.41. The molecule has 0 aliphatic carbocycles. The number of ether oxygens (including phenoxy) is 1. The fourth-order valence-electron chi connectivity index (χ4n) is 2.07. The highest BCUT2D eigenvalue weighted by Gasteiger charge is 2.25. The van der Waals surface area contributed by atoms with Gasteiger partial charge < -0.3 is 15.4 Å². The summed E-state index contributed by atoms with van der Waals surface area (Å²) >= 11 is 1.68. The molecule has 106 valence electrons. The SMILES string of the molecule is Cc1cnc([C@H](C)CNC(=O)N[C@@H]2CCO[C@@H]2C)s1. The van der Waals surface area contributed by atoms with Crippen molar-refractivity contribution in [2.24, 2.45) is 0 Å². The van der Waals surface area contributed by atoms with E-state index in [0.717, 1.165) is 18.0 Å². The van der Waals surface area contributed by atoms with Crippen LogP contribution in [0.3, 0.4) is 0 Å². The van der Waals surface area contributed by atoms with E-state index >= 15 is 0 Å². The first-order chi connectivity index (χ1) is 9.06. The summed E-state index contributed by atoms with van der Waals surface area (Å²) in [4.78, 5) is 17.3. The second-order valence-electron chi connectivity index (χ2n) is 5.04. The molecular formula is C13H21N3O2S. The number of amides is 2. The fraction of sp³-hybridized carbons (Fsp3) is 0.692. The van der Waals surface area contributed by atoms with Gasteiger partial charge in [0.25, 0.3) is 0 Å². The zero-order valence-corrected chi connectivity index (χ0v) is 12.4. The van der Waals surface area contributed by atoms with Crippen LogP contribution in [0.4, 0.5) is 4.79 Å². The van der Waals surface area contributed by atoms with Crippen molar-refractivity contribution < 1.29 is 9.53 Å². The van der Waals surface area contributed by atoms with Crippen molar-refractivity contribution >= 4 is 17.4 Å². The van der Waals surface area contributed by atoms with Crippen LogP contribution in [0.25, 0.3) is 0 Å². The van der Waals surface area contributed by atoms with Gasteiger partial charge in [0.1, 0.15) is 0 Å².